The molecule has 2 N–H and O–H groups in total. The highest BCUT2D eigenvalue weighted by molar-refractivity contribution is 6.38. The third-order valence-electron chi connectivity index (χ3n) is 4.29. The van der Waals surface area contributed by atoms with Gasteiger partial charge in [0.25, 0.3) is 5.91 Å². The lowest BCUT2D eigenvalue weighted by molar-refractivity contribution is 0.0550. The third-order valence-corrected chi connectivity index (χ3v) is 4.68. The Hall–Kier alpha value is -1.56. The molecule has 6 heteroatoms. The van der Waals surface area contributed by atoms with Crippen molar-refractivity contribution in [2.45, 2.75) is 20.0 Å². The maximum absolute atomic E-state index is 12.7. The number of aliphatic hydroxyl groups excluding tert-OH is 1. The first kappa shape index (κ1) is 16.3. The number of H-pyrrole nitrogens is 1. The lowest BCUT2D eigenvalue weighted by atomic mass is 10.2. The standard InChI is InChI=1S/C17H22ClN3O2/c1-11-3-4-14-13(9-11)15(18)16(19-14)17(23)21-7-5-20(6-8-21)10-12(2)22/h3-4,9,12,19,22H,5-8,10H2,1-2H3/t12-/m1/s1. The van der Waals surface area contributed by atoms with Crippen LogP contribution < -0.4 is 0 Å². The fourth-order valence-electron chi connectivity index (χ4n) is 3.09. The second kappa shape index (κ2) is 6.51. The molecule has 2 aromatic rings. The zero-order valence-electron chi connectivity index (χ0n) is 13.5. The van der Waals surface area contributed by atoms with Gasteiger partial charge in [-0.3, -0.25) is 9.69 Å². The normalized spacial score (nSPS) is 17.7. The minimum atomic E-state index is -0.344. The average molecular weight is 336 g/mol. The molecule has 1 aliphatic rings. The summed E-state index contributed by atoms with van der Waals surface area (Å²) in [5.41, 5.74) is 2.47. The van der Waals surface area contributed by atoms with Crippen molar-refractivity contribution in [3.63, 3.8) is 0 Å². The first-order valence-electron chi connectivity index (χ1n) is 7.93. The average Bonchev–Trinajstić information content (AvgIpc) is 2.84. The Kier molecular flexibility index (Phi) is 4.62. The lowest BCUT2D eigenvalue weighted by Crippen LogP contribution is -2.50. The summed E-state index contributed by atoms with van der Waals surface area (Å²) in [5, 5.41) is 10.8. The van der Waals surface area contributed by atoms with Gasteiger partial charge in [-0.05, 0) is 26.0 Å². The van der Waals surface area contributed by atoms with Crippen LogP contribution in [0, 0.1) is 6.92 Å². The van der Waals surface area contributed by atoms with Crippen LogP contribution in [0.15, 0.2) is 18.2 Å². The molecule has 0 unspecified atom stereocenters. The van der Waals surface area contributed by atoms with E-state index < -0.39 is 0 Å². The van der Waals surface area contributed by atoms with Crippen LogP contribution in [0.2, 0.25) is 5.02 Å². The molecule has 0 bridgehead atoms. The number of rotatable bonds is 3. The lowest BCUT2D eigenvalue weighted by Gasteiger charge is -2.35. The zero-order valence-corrected chi connectivity index (χ0v) is 14.2. The van der Waals surface area contributed by atoms with E-state index in [-0.39, 0.29) is 12.0 Å². The van der Waals surface area contributed by atoms with Crippen LogP contribution >= 0.6 is 11.6 Å². The van der Waals surface area contributed by atoms with Gasteiger partial charge in [-0.25, -0.2) is 0 Å². The molecule has 0 spiro atoms. The molecular weight excluding hydrogens is 314 g/mol. The van der Waals surface area contributed by atoms with Crippen LogP contribution in [0.4, 0.5) is 0 Å². The Morgan fingerprint density at radius 2 is 2.04 bits per heavy atom. The Morgan fingerprint density at radius 3 is 2.70 bits per heavy atom. The molecule has 5 nitrogen and oxygen atoms in total. The number of amides is 1. The number of nitrogens with zero attached hydrogens (tertiary/aromatic N) is 2. The van der Waals surface area contributed by atoms with E-state index in [9.17, 15) is 9.90 Å². The summed E-state index contributed by atoms with van der Waals surface area (Å²) in [5.74, 6) is -0.0550. The molecule has 124 valence electrons. The number of aromatic amines is 1. The summed E-state index contributed by atoms with van der Waals surface area (Å²) in [6, 6.07) is 5.94. The summed E-state index contributed by atoms with van der Waals surface area (Å²) in [6.45, 7) is 7.28. The molecule has 1 fully saturated rings. The number of aliphatic hydroxyl groups is 1. The number of hydrogen-bond acceptors (Lipinski definition) is 3. The van der Waals surface area contributed by atoms with Gasteiger partial charge in [0.05, 0.1) is 11.1 Å². The van der Waals surface area contributed by atoms with Crippen molar-refractivity contribution in [3.8, 4) is 0 Å². The molecule has 2 heterocycles. The van der Waals surface area contributed by atoms with E-state index in [1.54, 1.807) is 6.92 Å². The molecule has 1 aliphatic heterocycles. The molecular formula is C17H22ClN3O2. The van der Waals surface area contributed by atoms with Crippen LogP contribution in [0.25, 0.3) is 10.9 Å². The highest BCUT2D eigenvalue weighted by atomic mass is 35.5. The monoisotopic (exact) mass is 335 g/mol. The molecule has 0 aliphatic carbocycles. The molecule has 1 aromatic heterocycles. The van der Waals surface area contributed by atoms with E-state index in [4.69, 9.17) is 11.6 Å². The Balaban J connectivity index is 1.75. The van der Waals surface area contributed by atoms with E-state index in [0.29, 0.717) is 30.4 Å². The summed E-state index contributed by atoms with van der Waals surface area (Å²) < 4.78 is 0. The first-order chi connectivity index (χ1) is 11.0. The molecule has 1 aromatic carbocycles. The van der Waals surface area contributed by atoms with Crippen LogP contribution in [0.1, 0.15) is 23.0 Å². The maximum atomic E-state index is 12.7. The third kappa shape index (κ3) is 3.37. The van der Waals surface area contributed by atoms with Crippen molar-refractivity contribution in [1.29, 1.82) is 0 Å². The Bertz CT molecular complexity index is 718. The van der Waals surface area contributed by atoms with E-state index in [2.05, 4.69) is 9.88 Å². The number of aryl methyl sites for hydroxylation is 1. The summed E-state index contributed by atoms with van der Waals surface area (Å²) >= 11 is 6.42. The van der Waals surface area contributed by atoms with Gasteiger partial charge < -0.3 is 15.0 Å². The van der Waals surface area contributed by atoms with E-state index in [1.165, 1.54) is 0 Å². The summed E-state index contributed by atoms with van der Waals surface area (Å²) in [6.07, 6.45) is -0.344. The van der Waals surface area contributed by atoms with Crippen LogP contribution in [0.5, 0.6) is 0 Å². The van der Waals surface area contributed by atoms with Gasteiger partial charge in [-0.1, -0.05) is 23.2 Å². The van der Waals surface area contributed by atoms with Gasteiger partial charge in [-0.15, -0.1) is 0 Å². The minimum absolute atomic E-state index is 0.0550. The number of piperazine rings is 1. The second-order valence-electron chi connectivity index (χ2n) is 6.30. The maximum Gasteiger partial charge on any atom is 0.271 e. The number of carbonyl (C=O) groups excluding carboxylic acids is 1. The molecule has 1 atom stereocenters. The van der Waals surface area contributed by atoms with Crippen molar-refractivity contribution < 1.29 is 9.90 Å². The fourth-order valence-corrected chi connectivity index (χ4v) is 3.37. The Morgan fingerprint density at radius 1 is 1.35 bits per heavy atom. The quantitative estimate of drug-likeness (QED) is 0.904. The molecule has 23 heavy (non-hydrogen) atoms. The smallest absolute Gasteiger partial charge is 0.271 e. The van der Waals surface area contributed by atoms with Gasteiger partial charge in [0, 0.05) is 43.6 Å². The topological polar surface area (TPSA) is 59.6 Å². The first-order valence-corrected chi connectivity index (χ1v) is 8.31. The molecule has 0 saturated carbocycles. The molecule has 3 rings (SSSR count). The van der Waals surface area contributed by atoms with Crippen LogP contribution in [-0.4, -0.2) is 64.6 Å². The SMILES string of the molecule is Cc1ccc2[nH]c(C(=O)N3CCN(C[C@@H](C)O)CC3)c(Cl)c2c1. The number of carbonyl (C=O) groups is 1. The molecule has 1 saturated heterocycles. The molecule has 0 radical (unpaired) electrons. The number of β-amino-alcohol motifs (C(OH)–C–C–N with tert-alkyl or cyclic N) is 1. The van der Waals surface area contributed by atoms with Crippen molar-refractivity contribution >= 4 is 28.4 Å². The van der Waals surface area contributed by atoms with E-state index >= 15 is 0 Å². The number of halogens is 1. The summed E-state index contributed by atoms with van der Waals surface area (Å²) in [4.78, 5) is 19.9. The van der Waals surface area contributed by atoms with Crippen molar-refractivity contribution in [2.24, 2.45) is 0 Å². The zero-order chi connectivity index (χ0) is 16.6. The number of benzene rings is 1. The van der Waals surface area contributed by atoms with Gasteiger partial charge in [0.2, 0.25) is 0 Å². The van der Waals surface area contributed by atoms with E-state index in [1.807, 2.05) is 30.0 Å². The van der Waals surface area contributed by atoms with Crippen LogP contribution in [-0.2, 0) is 0 Å². The van der Waals surface area contributed by atoms with Gasteiger partial charge in [0.15, 0.2) is 0 Å². The predicted molar refractivity (Wildman–Crippen MR) is 92.1 cm³/mol. The van der Waals surface area contributed by atoms with Gasteiger partial charge in [0.1, 0.15) is 5.69 Å². The second-order valence-corrected chi connectivity index (χ2v) is 6.68. The van der Waals surface area contributed by atoms with E-state index in [0.717, 1.165) is 29.6 Å². The summed E-state index contributed by atoms with van der Waals surface area (Å²) in [7, 11) is 0. The number of nitrogens with one attached hydrogen (secondary N) is 1. The van der Waals surface area contributed by atoms with Crippen molar-refractivity contribution in [1.82, 2.24) is 14.8 Å². The number of hydrogen-bond donors (Lipinski definition) is 2. The largest absolute Gasteiger partial charge is 0.392 e. The van der Waals surface area contributed by atoms with Crippen LogP contribution in [0.3, 0.4) is 0 Å². The minimum Gasteiger partial charge on any atom is -0.392 e. The highest BCUT2D eigenvalue weighted by Crippen LogP contribution is 2.29. The van der Waals surface area contributed by atoms with Gasteiger partial charge >= 0.3 is 0 Å². The molecule has 1 amide bonds. The van der Waals surface area contributed by atoms with Gasteiger partial charge in [-0.2, -0.15) is 0 Å². The van der Waals surface area contributed by atoms with Crippen molar-refractivity contribution in [2.75, 3.05) is 32.7 Å². The fraction of sp³-hybridized carbons (Fsp3) is 0.471. The predicted octanol–water partition coefficient (Wildman–Crippen LogP) is 2.27. The Labute approximate surface area is 140 Å². The number of fused-ring (bicyclic) bond motifs is 1. The van der Waals surface area contributed by atoms with Crippen molar-refractivity contribution in [3.05, 3.63) is 34.5 Å². The number of aromatic nitrogens is 1. The highest BCUT2D eigenvalue weighted by Gasteiger charge is 2.26.